The summed E-state index contributed by atoms with van der Waals surface area (Å²) in [6, 6.07) is 14.9. The molecular weight excluding hydrogens is 412 g/mol. The fraction of sp³-hybridized carbons (Fsp3) is 0.440. The van der Waals surface area contributed by atoms with Gasteiger partial charge in [-0.2, -0.15) is 0 Å². The average Bonchev–Trinajstić information content (AvgIpc) is 2.78. The largest absolute Gasteiger partial charge is 0.462 e. The van der Waals surface area contributed by atoms with Gasteiger partial charge in [0, 0.05) is 23.2 Å². The predicted molar refractivity (Wildman–Crippen MR) is 125 cm³/mol. The Morgan fingerprint density at radius 3 is 2.35 bits per heavy atom. The van der Waals surface area contributed by atoms with Crippen LogP contribution >= 0.6 is 12.4 Å². The van der Waals surface area contributed by atoms with Crippen LogP contribution in [0, 0.1) is 12.8 Å². The number of ether oxygens (including phenoxy) is 1. The summed E-state index contributed by atoms with van der Waals surface area (Å²) in [6.45, 7) is 4.85. The van der Waals surface area contributed by atoms with Crippen LogP contribution in [0.15, 0.2) is 48.5 Å². The molecule has 2 aromatic rings. The lowest BCUT2D eigenvalue weighted by atomic mass is 9.84. The van der Waals surface area contributed by atoms with E-state index in [0.29, 0.717) is 35.4 Å². The third kappa shape index (κ3) is 5.86. The quantitative estimate of drug-likeness (QED) is 0.655. The molecule has 0 aromatic heterocycles. The van der Waals surface area contributed by atoms with E-state index in [-0.39, 0.29) is 24.3 Å². The minimum atomic E-state index is -0.292. The summed E-state index contributed by atoms with van der Waals surface area (Å²) in [5.74, 6) is -0.0184. The number of hydrogen-bond acceptors (Lipinski definition) is 4. The van der Waals surface area contributed by atoms with Crippen molar-refractivity contribution in [2.24, 2.45) is 5.92 Å². The SMILES string of the molecule is Cc1ccc(C(=O)Nc2ccc(C(=O)OC[C@@H]3CCCN4CCCC[C@H]34)cc2)cc1.Cl. The van der Waals surface area contributed by atoms with Gasteiger partial charge in [-0.15, -0.1) is 12.4 Å². The van der Waals surface area contributed by atoms with Crippen LogP contribution in [-0.4, -0.2) is 42.5 Å². The molecular formula is C25H31ClN2O3. The zero-order chi connectivity index (χ0) is 20.9. The van der Waals surface area contributed by atoms with Crippen molar-refractivity contribution >= 4 is 30.0 Å². The Balaban J connectivity index is 0.00000272. The molecule has 2 aliphatic heterocycles. The van der Waals surface area contributed by atoms with E-state index in [2.05, 4.69) is 10.2 Å². The zero-order valence-electron chi connectivity index (χ0n) is 18.0. The number of fused-ring (bicyclic) bond motifs is 1. The van der Waals surface area contributed by atoms with Crippen LogP contribution in [0.25, 0.3) is 0 Å². The Bertz CT molecular complexity index is 881. The standard InChI is InChI=1S/C25H30N2O3.ClH/c1-18-7-9-19(10-8-18)24(28)26-22-13-11-20(12-14-22)25(29)30-17-21-5-4-16-27-15-3-2-6-23(21)27;/h7-14,21,23H,2-6,15-17H2,1H3,(H,26,28);1H/t21-,23+;/m0./s1. The van der Waals surface area contributed by atoms with Gasteiger partial charge in [0.25, 0.3) is 5.91 Å². The van der Waals surface area contributed by atoms with E-state index in [9.17, 15) is 9.59 Å². The van der Waals surface area contributed by atoms with Gasteiger partial charge in [-0.3, -0.25) is 9.69 Å². The maximum atomic E-state index is 12.5. The summed E-state index contributed by atoms with van der Waals surface area (Å²) in [6.07, 6.45) is 6.11. The molecule has 0 radical (unpaired) electrons. The third-order valence-electron chi connectivity index (χ3n) is 6.35. The third-order valence-corrected chi connectivity index (χ3v) is 6.35. The van der Waals surface area contributed by atoms with Crippen LogP contribution in [0.5, 0.6) is 0 Å². The number of rotatable bonds is 5. The number of carbonyl (C=O) groups is 2. The molecule has 4 rings (SSSR count). The van der Waals surface area contributed by atoms with Gasteiger partial charge in [-0.25, -0.2) is 4.79 Å². The number of amides is 1. The van der Waals surface area contributed by atoms with E-state index < -0.39 is 0 Å². The van der Waals surface area contributed by atoms with Crippen LogP contribution in [0.4, 0.5) is 5.69 Å². The van der Waals surface area contributed by atoms with Crippen molar-refractivity contribution < 1.29 is 14.3 Å². The summed E-state index contributed by atoms with van der Waals surface area (Å²) >= 11 is 0. The lowest BCUT2D eigenvalue weighted by Gasteiger charge is -2.44. The smallest absolute Gasteiger partial charge is 0.338 e. The van der Waals surface area contributed by atoms with E-state index in [4.69, 9.17) is 4.74 Å². The number of aryl methyl sites for hydroxylation is 1. The topological polar surface area (TPSA) is 58.6 Å². The molecule has 166 valence electrons. The number of carbonyl (C=O) groups excluding carboxylic acids is 2. The lowest BCUT2D eigenvalue weighted by Crippen LogP contribution is -2.49. The Morgan fingerprint density at radius 2 is 1.61 bits per heavy atom. The molecule has 2 aromatic carbocycles. The number of anilines is 1. The molecule has 0 saturated carbocycles. The van der Waals surface area contributed by atoms with Gasteiger partial charge in [0.2, 0.25) is 0 Å². The molecule has 0 spiro atoms. The van der Waals surface area contributed by atoms with Gasteiger partial charge in [0.1, 0.15) is 0 Å². The minimum Gasteiger partial charge on any atom is -0.462 e. The lowest BCUT2D eigenvalue weighted by molar-refractivity contribution is 0.00739. The monoisotopic (exact) mass is 442 g/mol. The van der Waals surface area contributed by atoms with Crippen LogP contribution in [-0.2, 0) is 4.74 Å². The Labute approximate surface area is 190 Å². The second-order valence-corrected chi connectivity index (χ2v) is 8.50. The number of benzene rings is 2. The zero-order valence-corrected chi connectivity index (χ0v) is 18.8. The maximum absolute atomic E-state index is 12.5. The molecule has 6 heteroatoms. The van der Waals surface area contributed by atoms with Crippen molar-refractivity contribution in [2.45, 2.75) is 45.1 Å². The summed E-state index contributed by atoms with van der Waals surface area (Å²) in [7, 11) is 0. The van der Waals surface area contributed by atoms with Crippen LogP contribution in [0.2, 0.25) is 0 Å². The summed E-state index contributed by atoms with van der Waals surface area (Å²) in [5.41, 5.74) is 2.88. The number of piperidine rings is 2. The van der Waals surface area contributed by atoms with Gasteiger partial charge in [-0.05, 0) is 82.1 Å². The first-order valence-electron chi connectivity index (χ1n) is 11.0. The van der Waals surface area contributed by atoms with E-state index in [0.717, 1.165) is 12.0 Å². The van der Waals surface area contributed by atoms with Crippen LogP contribution in [0.3, 0.4) is 0 Å². The van der Waals surface area contributed by atoms with E-state index >= 15 is 0 Å². The number of halogens is 1. The summed E-state index contributed by atoms with van der Waals surface area (Å²) in [5, 5.41) is 2.86. The summed E-state index contributed by atoms with van der Waals surface area (Å²) < 4.78 is 5.67. The maximum Gasteiger partial charge on any atom is 0.338 e. The van der Waals surface area contributed by atoms with Crippen molar-refractivity contribution in [3.8, 4) is 0 Å². The van der Waals surface area contributed by atoms with Gasteiger partial charge in [0.05, 0.1) is 12.2 Å². The van der Waals surface area contributed by atoms with Crippen molar-refractivity contribution in [2.75, 3.05) is 25.0 Å². The molecule has 31 heavy (non-hydrogen) atoms. The van der Waals surface area contributed by atoms with E-state index in [1.807, 2.05) is 19.1 Å². The fourth-order valence-electron chi connectivity index (χ4n) is 4.64. The predicted octanol–water partition coefficient (Wildman–Crippen LogP) is 5.09. The van der Waals surface area contributed by atoms with E-state index in [1.54, 1.807) is 36.4 Å². The average molecular weight is 443 g/mol. The van der Waals surface area contributed by atoms with Crippen molar-refractivity contribution in [1.82, 2.24) is 4.90 Å². The van der Waals surface area contributed by atoms with Gasteiger partial charge < -0.3 is 10.1 Å². The number of esters is 1. The number of nitrogens with one attached hydrogen (secondary N) is 1. The Kier molecular flexibility index (Phi) is 8.10. The molecule has 0 aliphatic carbocycles. The van der Waals surface area contributed by atoms with Crippen molar-refractivity contribution in [3.63, 3.8) is 0 Å². The van der Waals surface area contributed by atoms with Crippen molar-refractivity contribution in [3.05, 3.63) is 65.2 Å². The number of hydrogen-bond donors (Lipinski definition) is 1. The second kappa shape index (κ2) is 10.8. The van der Waals surface area contributed by atoms with Crippen LogP contribution < -0.4 is 5.32 Å². The first-order valence-corrected chi connectivity index (χ1v) is 11.0. The summed E-state index contributed by atoms with van der Waals surface area (Å²) in [4.78, 5) is 27.4. The number of nitrogens with zero attached hydrogens (tertiary/aromatic N) is 1. The molecule has 2 saturated heterocycles. The van der Waals surface area contributed by atoms with Gasteiger partial charge in [-0.1, -0.05) is 24.1 Å². The molecule has 5 nitrogen and oxygen atoms in total. The normalized spacial score (nSPS) is 20.8. The second-order valence-electron chi connectivity index (χ2n) is 8.50. The molecule has 1 N–H and O–H groups in total. The molecule has 0 bridgehead atoms. The Morgan fingerprint density at radius 1 is 0.935 bits per heavy atom. The highest BCUT2D eigenvalue weighted by atomic mass is 35.5. The fourth-order valence-corrected chi connectivity index (χ4v) is 4.64. The first-order chi connectivity index (χ1) is 14.6. The molecule has 2 fully saturated rings. The highest BCUT2D eigenvalue weighted by Crippen LogP contribution is 2.31. The minimum absolute atomic E-state index is 0. The highest BCUT2D eigenvalue weighted by Gasteiger charge is 2.33. The molecule has 1 amide bonds. The van der Waals surface area contributed by atoms with Crippen LogP contribution in [0.1, 0.15) is 58.4 Å². The molecule has 2 atom stereocenters. The van der Waals surface area contributed by atoms with Gasteiger partial charge >= 0.3 is 5.97 Å². The molecule has 2 heterocycles. The van der Waals surface area contributed by atoms with Gasteiger partial charge in [0.15, 0.2) is 0 Å². The van der Waals surface area contributed by atoms with E-state index in [1.165, 1.54) is 38.8 Å². The molecule has 0 unspecified atom stereocenters. The first kappa shape index (κ1) is 23.3. The Hall–Kier alpha value is -2.37. The van der Waals surface area contributed by atoms with Crippen molar-refractivity contribution in [1.29, 1.82) is 0 Å². The highest BCUT2D eigenvalue weighted by molar-refractivity contribution is 6.04. The molecule has 2 aliphatic rings.